The van der Waals surface area contributed by atoms with Crippen LogP contribution in [0.5, 0.6) is 0 Å². The fourth-order valence-electron chi connectivity index (χ4n) is 5.50. The van der Waals surface area contributed by atoms with Crippen LogP contribution in [0, 0.1) is 0 Å². The third kappa shape index (κ3) is 4.45. The molecule has 0 aliphatic carbocycles. The summed E-state index contributed by atoms with van der Waals surface area (Å²) in [6, 6.07) is 11.3. The van der Waals surface area contributed by atoms with E-state index in [1.54, 1.807) is 12.4 Å². The Hall–Kier alpha value is -2.97. The van der Waals surface area contributed by atoms with Crippen molar-refractivity contribution in [3.8, 4) is 0 Å². The second-order valence-corrected chi connectivity index (χ2v) is 9.26. The number of nitrogens with zero attached hydrogens (tertiary/aromatic N) is 4. The van der Waals surface area contributed by atoms with Crippen molar-refractivity contribution < 1.29 is 4.79 Å². The molecule has 3 N–H and O–H groups in total. The predicted octanol–water partition coefficient (Wildman–Crippen LogP) is 2.27. The molecular weight excluding hydrogens is 416 g/mol. The maximum atomic E-state index is 13.3. The molecule has 4 heterocycles. The van der Waals surface area contributed by atoms with Crippen molar-refractivity contribution in [2.24, 2.45) is 5.73 Å². The van der Waals surface area contributed by atoms with Gasteiger partial charge in [0.15, 0.2) is 0 Å². The fraction of sp³-hybridized carbons (Fsp3) is 0.480. The van der Waals surface area contributed by atoms with Crippen LogP contribution >= 0.6 is 0 Å². The highest BCUT2D eigenvalue weighted by Gasteiger charge is 2.36. The molecule has 2 atom stereocenters. The number of amides is 1. The van der Waals surface area contributed by atoms with Crippen molar-refractivity contribution in [2.75, 3.05) is 19.6 Å². The number of nitrogens with one attached hydrogen (secondary N) is 1. The average molecular weight is 449 g/mol. The van der Waals surface area contributed by atoms with Gasteiger partial charge in [-0.05, 0) is 62.3 Å². The minimum Gasteiger partial charge on any atom is -0.326 e. The minimum atomic E-state index is -0.558. The third-order valence-electron chi connectivity index (χ3n) is 7.16. The number of hydrogen-bond donors (Lipinski definition) is 2. The molecule has 2 aliphatic rings. The van der Waals surface area contributed by atoms with E-state index in [0.717, 1.165) is 68.3 Å². The van der Waals surface area contributed by atoms with Gasteiger partial charge in [0.1, 0.15) is 0 Å². The Kier molecular flexibility index (Phi) is 6.28. The minimum absolute atomic E-state index is 0.0264. The first-order chi connectivity index (χ1) is 16.1. The van der Waals surface area contributed by atoms with Crippen LogP contribution in [0.2, 0.25) is 0 Å². The lowest BCUT2D eigenvalue weighted by molar-refractivity contribution is -0.142. The summed E-state index contributed by atoms with van der Waals surface area (Å²) in [6.07, 6.45) is 8.99. The topological polar surface area (TPSA) is 100 Å². The Bertz CT molecular complexity index is 1150. The van der Waals surface area contributed by atoms with Gasteiger partial charge >= 0.3 is 5.69 Å². The highest BCUT2D eigenvalue weighted by Crippen LogP contribution is 2.29. The van der Waals surface area contributed by atoms with Crippen molar-refractivity contribution in [1.29, 1.82) is 0 Å². The lowest BCUT2D eigenvalue weighted by Gasteiger charge is -2.46. The van der Waals surface area contributed by atoms with Crippen LogP contribution in [-0.4, -0.2) is 62.1 Å². The summed E-state index contributed by atoms with van der Waals surface area (Å²) in [5, 5.41) is 0. The molecule has 3 aromatic rings. The molecular formula is C25H32N6O2. The summed E-state index contributed by atoms with van der Waals surface area (Å²) in [5.74, 6) is 0.0264. The maximum absolute atomic E-state index is 13.3. The van der Waals surface area contributed by atoms with E-state index in [4.69, 9.17) is 5.73 Å². The molecule has 0 bridgehead atoms. The number of H-pyrrole nitrogens is 1. The highest BCUT2D eigenvalue weighted by atomic mass is 16.2. The van der Waals surface area contributed by atoms with Crippen LogP contribution < -0.4 is 11.4 Å². The first-order valence-electron chi connectivity index (χ1n) is 12.0. The molecule has 0 spiro atoms. The van der Waals surface area contributed by atoms with E-state index in [1.807, 2.05) is 45.9 Å². The zero-order valence-electron chi connectivity index (χ0n) is 18.9. The molecule has 1 aromatic carbocycles. The predicted molar refractivity (Wildman–Crippen MR) is 128 cm³/mol. The van der Waals surface area contributed by atoms with Crippen molar-refractivity contribution >= 4 is 16.9 Å². The molecule has 2 saturated heterocycles. The summed E-state index contributed by atoms with van der Waals surface area (Å²) in [5.41, 5.74) is 9.15. The van der Waals surface area contributed by atoms with Gasteiger partial charge in [0.2, 0.25) is 5.91 Å². The standard InChI is InChI=1S/C25H32N6O2/c26-20(16-18-6-5-12-27-17-18)24(32)30-13-4-3-9-23(30)29-14-10-19(11-15-29)31-22-8-2-1-7-21(22)28-25(31)33/h1-2,5-8,12,17,19-20,23H,3-4,9-11,13-16,26H2,(H,28,33)/t20-,23?/m1/s1. The van der Waals surface area contributed by atoms with Crippen molar-refractivity contribution in [1.82, 2.24) is 24.3 Å². The molecule has 0 radical (unpaired) electrons. The first kappa shape index (κ1) is 21.9. The van der Waals surface area contributed by atoms with Gasteiger partial charge in [-0.25, -0.2) is 4.79 Å². The zero-order valence-corrected chi connectivity index (χ0v) is 18.9. The van der Waals surface area contributed by atoms with Crippen molar-refractivity contribution in [2.45, 2.75) is 56.8 Å². The first-order valence-corrected chi connectivity index (χ1v) is 12.0. The molecule has 1 unspecified atom stereocenters. The van der Waals surface area contributed by atoms with Gasteiger partial charge in [0.25, 0.3) is 0 Å². The number of aromatic nitrogens is 3. The Morgan fingerprint density at radius 3 is 2.70 bits per heavy atom. The summed E-state index contributed by atoms with van der Waals surface area (Å²) >= 11 is 0. The van der Waals surface area contributed by atoms with E-state index >= 15 is 0 Å². The van der Waals surface area contributed by atoms with E-state index in [1.165, 1.54) is 0 Å². The van der Waals surface area contributed by atoms with Gasteiger partial charge in [-0.1, -0.05) is 18.2 Å². The maximum Gasteiger partial charge on any atom is 0.326 e. The molecule has 33 heavy (non-hydrogen) atoms. The number of benzene rings is 1. The smallest absolute Gasteiger partial charge is 0.326 e. The van der Waals surface area contributed by atoms with Crippen molar-refractivity contribution in [3.63, 3.8) is 0 Å². The molecule has 174 valence electrons. The summed E-state index contributed by atoms with van der Waals surface area (Å²) < 4.78 is 1.92. The van der Waals surface area contributed by atoms with Gasteiger partial charge in [-0.3, -0.25) is 19.2 Å². The van der Waals surface area contributed by atoms with Crippen LogP contribution in [0.3, 0.4) is 0 Å². The lowest BCUT2D eigenvalue weighted by Crippen LogP contribution is -2.58. The Labute approximate surface area is 193 Å². The second-order valence-electron chi connectivity index (χ2n) is 9.26. The van der Waals surface area contributed by atoms with E-state index in [2.05, 4.69) is 14.9 Å². The molecule has 2 aliphatic heterocycles. The number of nitrogens with two attached hydrogens (primary N) is 1. The number of likely N-dealkylation sites (tertiary alicyclic amines) is 2. The van der Waals surface area contributed by atoms with Gasteiger partial charge < -0.3 is 15.6 Å². The number of pyridine rings is 1. The Balaban J connectivity index is 1.26. The second kappa shape index (κ2) is 9.49. The molecule has 0 saturated carbocycles. The Morgan fingerprint density at radius 2 is 1.91 bits per heavy atom. The largest absolute Gasteiger partial charge is 0.326 e. The molecule has 2 aromatic heterocycles. The normalized spacial score (nSPS) is 21.4. The van der Waals surface area contributed by atoms with Crippen LogP contribution in [0.4, 0.5) is 0 Å². The SMILES string of the molecule is N[C@H](Cc1cccnc1)C(=O)N1CCCCC1N1CCC(n2c(=O)[nH]c3ccccc32)CC1. The molecule has 2 fully saturated rings. The summed E-state index contributed by atoms with van der Waals surface area (Å²) in [6.45, 7) is 2.48. The Morgan fingerprint density at radius 1 is 1.09 bits per heavy atom. The average Bonchev–Trinajstić information content (AvgIpc) is 3.20. The molecule has 5 rings (SSSR count). The monoisotopic (exact) mass is 448 g/mol. The number of imidazole rings is 1. The van der Waals surface area contributed by atoms with E-state index in [9.17, 15) is 9.59 Å². The van der Waals surface area contributed by atoms with Gasteiger partial charge in [0.05, 0.1) is 23.2 Å². The van der Waals surface area contributed by atoms with Gasteiger partial charge in [-0.15, -0.1) is 0 Å². The number of hydrogen-bond acceptors (Lipinski definition) is 5. The molecule has 8 heteroatoms. The number of fused-ring (bicyclic) bond motifs is 1. The third-order valence-corrected chi connectivity index (χ3v) is 7.16. The number of carbonyl (C=O) groups excluding carboxylic acids is 1. The lowest BCUT2D eigenvalue weighted by atomic mass is 9.99. The number of piperidine rings is 2. The number of para-hydroxylation sites is 2. The number of rotatable bonds is 5. The number of carbonyl (C=O) groups is 1. The van der Waals surface area contributed by atoms with Gasteiger partial charge in [-0.2, -0.15) is 0 Å². The van der Waals surface area contributed by atoms with Crippen LogP contribution in [-0.2, 0) is 11.2 Å². The van der Waals surface area contributed by atoms with Crippen LogP contribution in [0.1, 0.15) is 43.7 Å². The van der Waals surface area contributed by atoms with Crippen LogP contribution in [0.25, 0.3) is 11.0 Å². The number of aromatic amines is 1. The van der Waals surface area contributed by atoms with Crippen LogP contribution in [0.15, 0.2) is 53.6 Å². The zero-order chi connectivity index (χ0) is 22.8. The molecule has 8 nitrogen and oxygen atoms in total. The van der Waals surface area contributed by atoms with E-state index < -0.39 is 6.04 Å². The van der Waals surface area contributed by atoms with Crippen molar-refractivity contribution in [3.05, 3.63) is 64.8 Å². The van der Waals surface area contributed by atoms with Gasteiger partial charge in [0, 0.05) is 38.1 Å². The highest BCUT2D eigenvalue weighted by molar-refractivity contribution is 5.82. The fourth-order valence-corrected chi connectivity index (χ4v) is 5.50. The molecule has 1 amide bonds. The van der Waals surface area contributed by atoms with E-state index in [-0.39, 0.29) is 23.8 Å². The summed E-state index contributed by atoms with van der Waals surface area (Å²) in [7, 11) is 0. The van der Waals surface area contributed by atoms with E-state index in [0.29, 0.717) is 6.42 Å². The quantitative estimate of drug-likeness (QED) is 0.624. The summed E-state index contributed by atoms with van der Waals surface area (Å²) in [4.78, 5) is 37.4.